The van der Waals surface area contributed by atoms with Crippen LogP contribution in [0.5, 0.6) is 0 Å². The van der Waals surface area contributed by atoms with Crippen LogP contribution in [0.1, 0.15) is 45.3 Å². The van der Waals surface area contributed by atoms with Crippen LogP contribution < -0.4 is 5.32 Å². The predicted molar refractivity (Wildman–Crippen MR) is 115 cm³/mol. The zero-order chi connectivity index (χ0) is 19.8. The summed E-state index contributed by atoms with van der Waals surface area (Å²) < 4.78 is 13.6. The number of fused-ring (bicyclic) bond motifs is 3. The number of hydrogen-bond acceptors (Lipinski definition) is 2. The third kappa shape index (κ3) is 3.44. The minimum absolute atomic E-state index is 0.0934. The van der Waals surface area contributed by atoms with Crippen molar-refractivity contribution in [3.63, 3.8) is 0 Å². The summed E-state index contributed by atoms with van der Waals surface area (Å²) in [7, 11) is 0. The topological polar surface area (TPSA) is 32.3 Å². The Morgan fingerprint density at radius 3 is 2.66 bits per heavy atom. The highest BCUT2D eigenvalue weighted by atomic mass is 32.1. The maximum Gasteiger partial charge on any atom is 0.322 e. The molecule has 0 saturated carbocycles. The molecule has 1 aliphatic carbocycles. The maximum atomic E-state index is 13.6. The van der Waals surface area contributed by atoms with Gasteiger partial charge in [0.2, 0.25) is 0 Å². The zero-order valence-corrected chi connectivity index (χ0v) is 17.0. The third-order valence-electron chi connectivity index (χ3n) is 5.93. The van der Waals surface area contributed by atoms with Crippen LogP contribution in [0.4, 0.5) is 14.9 Å². The monoisotopic (exact) mass is 406 g/mol. The summed E-state index contributed by atoms with van der Waals surface area (Å²) in [5, 5.41) is 2.90. The number of thiophene rings is 1. The molecule has 2 aliphatic rings. The number of anilines is 1. The summed E-state index contributed by atoms with van der Waals surface area (Å²) in [6.45, 7) is 0.664. The number of amides is 2. The first-order valence-corrected chi connectivity index (χ1v) is 11.0. The molecule has 2 heterocycles. The minimum Gasteiger partial charge on any atom is -0.312 e. The fraction of sp³-hybridized carbons (Fsp3) is 0.292. The van der Waals surface area contributed by atoms with Gasteiger partial charge in [-0.05, 0) is 67.0 Å². The van der Waals surface area contributed by atoms with Gasteiger partial charge in [0.1, 0.15) is 5.82 Å². The first-order valence-electron chi connectivity index (χ1n) is 10.2. The van der Waals surface area contributed by atoms with Gasteiger partial charge in [0.25, 0.3) is 0 Å². The lowest BCUT2D eigenvalue weighted by Crippen LogP contribution is -2.42. The molecule has 1 aromatic heterocycles. The molecule has 0 fully saturated rings. The van der Waals surface area contributed by atoms with Crippen LogP contribution in [0, 0.1) is 5.82 Å². The summed E-state index contributed by atoms with van der Waals surface area (Å²) in [6, 6.07) is 16.1. The largest absolute Gasteiger partial charge is 0.322 e. The van der Waals surface area contributed by atoms with Crippen molar-refractivity contribution in [3.05, 3.63) is 86.9 Å². The highest BCUT2D eigenvalue weighted by molar-refractivity contribution is 7.12. The normalized spacial score (nSPS) is 18.1. The molecule has 5 heteroatoms. The van der Waals surface area contributed by atoms with Gasteiger partial charge in [-0.2, -0.15) is 0 Å². The van der Waals surface area contributed by atoms with Gasteiger partial charge < -0.3 is 10.2 Å². The second kappa shape index (κ2) is 7.64. The van der Waals surface area contributed by atoms with Crippen molar-refractivity contribution in [2.75, 3.05) is 11.9 Å². The lowest BCUT2D eigenvalue weighted by molar-refractivity contribution is 0.195. The molecule has 1 aliphatic heterocycles. The SMILES string of the molecule is O=C(Nc1cccc(F)c1)N1CCc2c(sc3c2CCCC3)C1c1ccccc1. The summed E-state index contributed by atoms with van der Waals surface area (Å²) in [4.78, 5) is 17.9. The summed E-state index contributed by atoms with van der Waals surface area (Å²) in [6.07, 6.45) is 5.73. The van der Waals surface area contributed by atoms with E-state index in [9.17, 15) is 9.18 Å². The number of carbonyl (C=O) groups excluding carboxylic acids is 1. The second-order valence-corrected chi connectivity index (χ2v) is 8.89. The number of nitrogens with zero attached hydrogens (tertiary/aromatic N) is 1. The number of carbonyl (C=O) groups is 1. The lowest BCUT2D eigenvalue weighted by atomic mass is 9.88. The Balaban J connectivity index is 1.53. The van der Waals surface area contributed by atoms with E-state index in [2.05, 4.69) is 17.4 Å². The molecule has 148 valence electrons. The molecule has 2 aromatic carbocycles. The molecular formula is C24H23FN2OS. The van der Waals surface area contributed by atoms with Gasteiger partial charge in [-0.15, -0.1) is 11.3 Å². The van der Waals surface area contributed by atoms with Crippen LogP contribution in [0.2, 0.25) is 0 Å². The van der Waals surface area contributed by atoms with Crippen LogP contribution in [0.25, 0.3) is 0 Å². The summed E-state index contributed by atoms with van der Waals surface area (Å²) in [5.74, 6) is -0.353. The standard InChI is InChI=1S/C24H23FN2OS/c25-17-9-6-10-18(15-17)26-24(28)27-14-13-20-19-11-4-5-12-21(19)29-23(20)22(27)16-7-2-1-3-8-16/h1-3,6-10,15,22H,4-5,11-14H2,(H,26,28). The van der Waals surface area contributed by atoms with Crippen molar-refractivity contribution in [3.8, 4) is 0 Å². The van der Waals surface area contributed by atoms with Gasteiger partial charge >= 0.3 is 6.03 Å². The van der Waals surface area contributed by atoms with Crippen LogP contribution in [-0.2, 0) is 19.3 Å². The Morgan fingerprint density at radius 2 is 1.83 bits per heavy atom. The number of nitrogens with one attached hydrogen (secondary N) is 1. The molecule has 1 N–H and O–H groups in total. The minimum atomic E-state index is -0.353. The number of rotatable bonds is 2. The van der Waals surface area contributed by atoms with Gasteiger partial charge in [0.05, 0.1) is 6.04 Å². The van der Waals surface area contributed by atoms with Crippen molar-refractivity contribution in [2.24, 2.45) is 0 Å². The van der Waals surface area contributed by atoms with E-state index in [4.69, 9.17) is 0 Å². The van der Waals surface area contributed by atoms with Gasteiger partial charge in [-0.25, -0.2) is 9.18 Å². The third-order valence-corrected chi connectivity index (χ3v) is 7.31. The zero-order valence-electron chi connectivity index (χ0n) is 16.2. The van der Waals surface area contributed by atoms with Gasteiger partial charge in [-0.3, -0.25) is 0 Å². The van der Waals surface area contributed by atoms with Crippen LogP contribution in [0.3, 0.4) is 0 Å². The Hall–Kier alpha value is -2.66. The van der Waals surface area contributed by atoms with Gasteiger partial charge in [0, 0.05) is 22.0 Å². The Kier molecular flexibility index (Phi) is 4.84. The first kappa shape index (κ1) is 18.4. The summed E-state index contributed by atoms with van der Waals surface area (Å²) in [5.41, 5.74) is 4.62. The number of hydrogen-bond donors (Lipinski definition) is 1. The average molecular weight is 407 g/mol. The molecule has 0 spiro atoms. The van der Waals surface area contributed by atoms with Crippen molar-refractivity contribution in [1.82, 2.24) is 4.90 Å². The molecule has 29 heavy (non-hydrogen) atoms. The van der Waals surface area contributed by atoms with E-state index in [0.717, 1.165) is 24.8 Å². The van der Waals surface area contributed by atoms with E-state index in [1.807, 2.05) is 34.4 Å². The molecule has 2 amide bonds. The molecule has 3 nitrogen and oxygen atoms in total. The molecule has 0 bridgehead atoms. The second-order valence-electron chi connectivity index (χ2n) is 7.75. The van der Waals surface area contributed by atoms with E-state index >= 15 is 0 Å². The Labute approximate surface area is 174 Å². The van der Waals surface area contributed by atoms with E-state index in [1.54, 1.807) is 17.7 Å². The highest BCUT2D eigenvalue weighted by Crippen LogP contribution is 2.45. The molecule has 1 atom stereocenters. The number of benzene rings is 2. The molecule has 0 saturated heterocycles. The molecular weight excluding hydrogens is 383 g/mol. The van der Waals surface area contributed by atoms with Crippen molar-refractivity contribution >= 4 is 23.1 Å². The van der Waals surface area contributed by atoms with Crippen molar-refractivity contribution in [2.45, 2.75) is 38.1 Å². The van der Waals surface area contributed by atoms with Crippen LogP contribution in [-0.4, -0.2) is 17.5 Å². The van der Waals surface area contributed by atoms with E-state index in [1.165, 1.54) is 40.3 Å². The fourth-order valence-electron chi connectivity index (χ4n) is 4.60. The smallest absolute Gasteiger partial charge is 0.312 e. The molecule has 3 aromatic rings. The average Bonchev–Trinajstić information content (AvgIpc) is 3.12. The number of aryl methyl sites for hydroxylation is 1. The Morgan fingerprint density at radius 1 is 1.00 bits per heavy atom. The summed E-state index contributed by atoms with van der Waals surface area (Å²) >= 11 is 1.89. The molecule has 1 unspecified atom stereocenters. The van der Waals surface area contributed by atoms with Gasteiger partial charge in [0.15, 0.2) is 0 Å². The lowest BCUT2D eigenvalue weighted by Gasteiger charge is -2.36. The molecule has 0 radical (unpaired) electrons. The fourth-order valence-corrected chi connectivity index (χ4v) is 6.18. The van der Waals surface area contributed by atoms with E-state index in [-0.39, 0.29) is 17.9 Å². The Bertz CT molecular complexity index is 1050. The number of urea groups is 1. The van der Waals surface area contributed by atoms with E-state index < -0.39 is 0 Å². The van der Waals surface area contributed by atoms with Crippen LogP contribution >= 0.6 is 11.3 Å². The van der Waals surface area contributed by atoms with Crippen molar-refractivity contribution in [1.29, 1.82) is 0 Å². The quantitative estimate of drug-likeness (QED) is 0.561. The van der Waals surface area contributed by atoms with E-state index in [0.29, 0.717) is 12.2 Å². The maximum absolute atomic E-state index is 13.6. The highest BCUT2D eigenvalue weighted by Gasteiger charge is 2.36. The van der Waals surface area contributed by atoms with Crippen LogP contribution in [0.15, 0.2) is 54.6 Å². The molecule has 5 rings (SSSR count). The predicted octanol–water partition coefficient (Wildman–Crippen LogP) is 5.95. The van der Waals surface area contributed by atoms with Crippen molar-refractivity contribution < 1.29 is 9.18 Å². The number of halogens is 1. The first-order chi connectivity index (χ1) is 14.2. The van der Waals surface area contributed by atoms with Gasteiger partial charge in [-0.1, -0.05) is 36.4 Å².